The molecule has 28 heavy (non-hydrogen) atoms. The molecule has 1 saturated heterocycles. The van der Waals surface area contributed by atoms with Gasteiger partial charge in [0.2, 0.25) is 5.91 Å². The number of likely N-dealkylation sites (tertiary alicyclic amines) is 1. The summed E-state index contributed by atoms with van der Waals surface area (Å²) in [6.45, 7) is 3.60. The predicted molar refractivity (Wildman–Crippen MR) is 112 cm³/mol. The number of amides is 1. The van der Waals surface area contributed by atoms with Crippen LogP contribution in [0.2, 0.25) is 0 Å². The van der Waals surface area contributed by atoms with Crippen LogP contribution in [0.4, 0.5) is 0 Å². The van der Waals surface area contributed by atoms with Crippen LogP contribution in [0.1, 0.15) is 48.5 Å². The number of benzene rings is 1. The third kappa shape index (κ3) is 3.55. The van der Waals surface area contributed by atoms with E-state index < -0.39 is 0 Å². The molecule has 3 heterocycles. The van der Waals surface area contributed by atoms with E-state index in [1.54, 1.807) is 11.3 Å². The Bertz CT molecular complexity index is 976. The van der Waals surface area contributed by atoms with Crippen LogP contribution in [-0.2, 0) is 4.79 Å². The van der Waals surface area contributed by atoms with Crippen molar-refractivity contribution in [1.82, 2.24) is 24.6 Å². The number of aryl methyl sites for hydroxylation is 1. The molecule has 6 nitrogen and oxygen atoms in total. The van der Waals surface area contributed by atoms with Gasteiger partial charge in [-0.2, -0.15) is 0 Å². The van der Waals surface area contributed by atoms with Crippen LogP contribution in [0, 0.1) is 6.92 Å². The Balaban J connectivity index is 1.24. The van der Waals surface area contributed by atoms with E-state index >= 15 is 0 Å². The van der Waals surface area contributed by atoms with E-state index in [1.807, 2.05) is 17.9 Å². The number of carbonyl (C=O) groups excluding carboxylic acids is 1. The minimum Gasteiger partial charge on any atom is -0.341 e. The Morgan fingerprint density at radius 3 is 2.93 bits per heavy atom. The number of piperidine rings is 1. The second kappa shape index (κ2) is 7.48. The summed E-state index contributed by atoms with van der Waals surface area (Å²) in [6, 6.07) is 8.81. The highest BCUT2D eigenvalue weighted by atomic mass is 32.2. The first-order valence-corrected chi connectivity index (χ1v) is 11.7. The molecule has 146 valence electrons. The van der Waals surface area contributed by atoms with Gasteiger partial charge in [-0.3, -0.25) is 4.79 Å². The van der Waals surface area contributed by atoms with E-state index in [-0.39, 0.29) is 5.91 Å². The monoisotopic (exact) mass is 413 g/mol. The Kier molecular flexibility index (Phi) is 4.84. The first-order valence-electron chi connectivity index (χ1n) is 9.86. The zero-order valence-electron chi connectivity index (χ0n) is 15.9. The quantitative estimate of drug-likeness (QED) is 0.591. The zero-order chi connectivity index (χ0) is 19.1. The fourth-order valence-corrected chi connectivity index (χ4v) is 5.94. The van der Waals surface area contributed by atoms with E-state index in [0.717, 1.165) is 47.4 Å². The van der Waals surface area contributed by atoms with Crippen molar-refractivity contribution < 1.29 is 4.79 Å². The lowest BCUT2D eigenvalue weighted by Crippen LogP contribution is -2.40. The molecule has 8 heteroatoms. The van der Waals surface area contributed by atoms with Crippen LogP contribution >= 0.6 is 23.1 Å². The number of carbonyl (C=O) groups is 1. The van der Waals surface area contributed by atoms with Gasteiger partial charge in [-0.1, -0.05) is 23.9 Å². The molecule has 2 aromatic heterocycles. The van der Waals surface area contributed by atoms with Crippen molar-refractivity contribution in [2.45, 2.75) is 49.7 Å². The summed E-state index contributed by atoms with van der Waals surface area (Å²) >= 11 is 3.29. The van der Waals surface area contributed by atoms with E-state index in [2.05, 4.69) is 33.0 Å². The maximum Gasteiger partial charge on any atom is 0.233 e. The molecule has 2 fully saturated rings. The van der Waals surface area contributed by atoms with Gasteiger partial charge in [-0.15, -0.1) is 21.5 Å². The molecule has 3 aromatic rings. The lowest BCUT2D eigenvalue weighted by atomic mass is 9.99. The average Bonchev–Trinajstić information content (AvgIpc) is 3.34. The summed E-state index contributed by atoms with van der Waals surface area (Å²) in [5.41, 5.74) is 1.07. The van der Waals surface area contributed by atoms with Crippen molar-refractivity contribution in [3.05, 3.63) is 35.1 Å². The van der Waals surface area contributed by atoms with Crippen molar-refractivity contribution in [3.8, 4) is 0 Å². The molecule has 0 unspecified atom stereocenters. The first-order chi connectivity index (χ1) is 13.7. The Morgan fingerprint density at radius 1 is 1.25 bits per heavy atom. The summed E-state index contributed by atoms with van der Waals surface area (Å²) in [6.07, 6.45) is 4.52. The number of fused-ring (bicyclic) bond motifs is 1. The van der Waals surface area contributed by atoms with Crippen molar-refractivity contribution >= 4 is 39.2 Å². The Hall–Kier alpha value is -1.93. The average molecular weight is 414 g/mol. The second-order valence-electron chi connectivity index (χ2n) is 7.62. The molecular weight excluding hydrogens is 390 g/mol. The Morgan fingerprint density at radius 2 is 2.11 bits per heavy atom. The SMILES string of the molecule is Cc1nnc(SCC(=O)N2CCC[C@H](c3nc4ccccc4s3)C2)n1C1CC1. The van der Waals surface area contributed by atoms with Gasteiger partial charge in [-0.25, -0.2) is 4.98 Å². The molecule has 1 amide bonds. The van der Waals surface area contributed by atoms with E-state index in [0.29, 0.717) is 17.7 Å². The highest BCUT2D eigenvalue weighted by Crippen LogP contribution is 2.39. The third-order valence-corrected chi connectivity index (χ3v) is 7.63. The largest absolute Gasteiger partial charge is 0.341 e. The minimum atomic E-state index is 0.193. The summed E-state index contributed by atoms with van der Waals surface area (Å²) in [4.78, 5) is 19.7. The molecule has 0 spiro atoms. The van der Waals surface area contributed by atoms with Crippen LogP contribution in [0.5, 0.6) is 0 Å². The number of hydrogen-bond donors (Lipinski definition) is 0. The summed E-state index contributed by atoms with van der Waals surface area (Å²) in [5, 5.41) is 10.5. The number of nitrogens with zero attached hydrogens (tertiary/aromatic N) is 5. The topological polar surface area (TPSA) is 63.9 Å². The van der Waals surface area contributed by atoms with E-state index in [9.17, 15) is 4.79 Å². The first kappa shape index (κ1) is 18.1. The van der Waals surface area contributed by atoms with Gasteiger partial charge in [0, 0.05) is 25.0 Å². The van der Waals surface area contributed by atoms with E-state index in [1.165, 1.54) is 29.3 Å². The van der Waals surface area contributed by atoms with Crippen LogP contribution in [0.3, 0.4) is 0 Å². The lowest BCUT2D eigenvalue weighted by molar-refractivity contribution is -0.129. The van der Waals surface area contributed by atoms with E-state index in [4.69, 9.17) is 4.98 Å². The summed E-state index contributed by atoms with van der Waals surface area (Å²) in [7, 11) is 0. The van der Waals surface area contributed by atoms with Crippen LogP contribution in [0.15, 0.2) is 29.4 Å². The van der Waals surface area contributed by atoms with Gasteiger partial charge in [0.05, 0.1) is 21.0 Å². The number of thiazole rings is 1. The molecule has 0 radical (unpaired) electrons. The van der Waals surface area contributed by atoms with Crippen molar-refractivity contribution in [3.63, 3.8) is 0 Å². The standard InChI is InChI=1S/C20H23N5OS2/c1-13-22-23-20(25(13)15-8-9-15)27-12-18(26)24-10-4-5-14(11-24)19-21-16-6-2-3-7-17(16)28-19/h2-3,6-7,14-15H,4-5,8-12H2,1H3/t14-/m0/s1. The molecule has 2 aliphatic rings. The molecule has 1 aromatic carbocycles. The summed E-state index contributed by atoms with van der Waals surface area (Å²) in [5.74, 6) is 1.92. The molecule has 1 saturated carbocycles. The van der Waals surface area contributed by atoms with Gasteiger partial charge in [-0.05, 0) is 44.7 Å². The van der Waals surface area contributed by atoms with Gasteiger partial charge in [0.1, 0.15) is 5.82 Å². The maximum atomic E-state index is 12.9. The smallest absolute Gasteiger partial charge is 0.233 e. The third-order valence-electron chi connectivity index (χ3n) is 5.51. The van der Waals surface area contributed by atoms with Crippen molar-refractivity contribution in [2.24, 2.45) is 0 Å². The Labute approximate surface area is 172 Å². The normalized spacial score (nSPS) is 20.0. The number of aromatic nitrogens is 4. The van der Waals surface area contributed by atoms with Crippen LogP contribution in [0.25, 0.3) is 10.2 Å². The fraction of sp³-hybridized carbons (Fsp3) is 0.500. The van der Waals surface area contributed by atoms with Crippen LogP contribution in [-0.4, -0.2) is 49.4 Å². The van der Waals surface area contributed by atoms with Crippen LogP contribution < -0.4 is 0 Å². The number of thioether (sulfide) groups is 1. The number of para-hydroxylation sites is 1. The van der Waals surface area contributed by atoms with Gasteiger partial charge in [0.15, 0.2) is 5.16 Å². The lowest BCUT2D eigenvalue weighted by Gasteiger charge is -2.31. The second-order valence-corrected chi connectivity index (χ2v) is 9.62. The fourth-order valence-electron chi connectivity index (χ4n) is 3.89. The molecule has 5 rings (SSSR count). The number of hydrogen-bond acceptors (Lipinski definition) is 6. The predicted octanol–water partition coefficient (Wildman–Crippen LogP) is 4.03. The zero-order valence-corrected chi connectivity index (χ0v) is 17.5. The molecule has 1 aliphatic heterocycles. The molecule has 0 bridgehead atoms. The maximum absolute atomic E-state index is 12.9. The molecule has 0 N–H and O–H groups in total. The van der Waals surface area contributed by atoms with Gasteiger partial charge < -0.3 is 9.47 Å². The molecule has 1 atom stereocenters. The van der Waals surface area contributed by atoms with Crippen molar-refractivity contribution in [1.29, 1.82) is 0 Å². The highest BCUT2D eigenvalue weighted by Gasteiger charge is 2.30. The molecular formula is C20H23N5OS2. The van der Waals surface area contributed by atoms with Gasteiger partial charge >= 0.3 is 0 Å². The number of rotatable bonds is 5. The van der Waals surface area contributed by atoms with Gasteiger partial charge in [0.25, 0.3) is 0 Å². The minimum absolute atomic E-state index is 0.193. The summed E-state index contributed by atoms with van der Waals surface area (Å²) < 4.78 is 3.42. The molecule has 1 aliphatic carbocycles. The van der Waals surface area contributed by atoms with Crippen molar-refractivity contribution in [2.75, 3.05) is 18.8 Å². The highest BCUT2D eigenvalue weighted by molar-refractivity contribution is 7.99.